The summed E-state index contributed by atoms with van der Waals surface area (Å²) in [4.78, 5) is 8.16. The molecule has 45 heavy (non-hydrogen) atoms. The van der Waals surface area contributed by atoms with Crippen molar-refractivity contribution in [2.45, 2.75) is 58.0 Å². The number of nitrogens with zero attached hydrogens (tertiary/aromatic N) is 6. The average Bonchev–Trinajstić information content (AvgIpc) is 3.51. The fourth-order valence-electron chi connectivity index (χ4n) is 5.34. The van der Waals surface area contributed by atoms with Crippen molar-refractivity contribution in [1.29, 1.82) is 0 Å². The number of para-hydroxylation sites is 1. The second-order valence-electron chi connectivity index (χ2n) is 10.8. The van der Waals surface area contributed by atoms with E-state index in [1.54, 1.807) is 24.4 Å². The van der Waals surface area contributed by atoms with Crippen LogP contribution < -0.4 is 15.4 Å². The van der Waals surface area contributed by atoms with Crippen molar-refractivity contribution in [3.63, 3.8) is 0 Å². The quantitative estimate of drug-likeness (QED) is 0.0754. The zero-order valence-corrected chi connectivity index (χ0v) is 24.9. The van der Waals surface area contributed by atoms with E-state index in [2.05, 4.69) is 20.3 Å². The van der Waals surface area contributed by atoms with Gasteiger partial charge in [-0.15, -0.1) is 0 Å². The van der Waals surface area contributed by atoms with Gasteiger partial charge in [-0.25, -0.2) is 4.98 Å². The van der Waals surface area contributed by atoms with Crippen LogP contribution in [0.3, 0.4) is 0 Å². The Bertz CT molecular complexity index is 1440. The van der Waals surface area contributed by atoms with E-state index in [-0.39, 0.29) is 24.1 Å². The Hall–Kier alpha value is -4.36. The van der Waals surface area contributed by atoms with Crippen LogP contribution in [0.5, 0.6) is 11.5 Å². The van der Waals surface area contributed by atoms with E-state index in [0.717, 1.165) is 32.2 Å². The van der Waals surface area contributed by atoms with Gasteiger partial charge < -0.3 is 20.3 Å². The zero-order chi connectivity index (χ0) is 32.6. The number of benzene rings is 2. The van der Waals surface area contributed by atoms with Gasteiger partial charge in [-0.2, -0.15) is 31.5 Å². The molecule has 1 fully saturated rings. The molecule has 3 aromatic rings. The first-order valence-corrected chi connectivity index (χ1v) is 14.5. The highest BCUT2D eigenvalue weighted by Gasteiger charge is 2.37. The van der Waals surface area contributed by atoms with E-state index in [4.69, 9.17) is 15.5 Å². The van der Waals surface area contributed by atoms with Crippen molar-refractivity contribution >= 4 is 11.8 Å². The number of halogens is 6. The predicted molar refractivity (Wildman–Crippen MR) is 159 cm³/mol. The van der Waals surface area contributed by atoms with Gasteiger partial charge in [0.15, 0.2) is 0 Å². The van der Waals surface area contributed by atoms with E-state index in [9.17, 15) is 26.3 Å². The number of hydrogen-bond donors (Lipinski definition) is 1. The molecule has 242 valence electrons. The summed E-state index contributed by atoms with van der Waals surface area (Å²) >= 11 is 0. The zero-order valence-electron chi connectivity index (χ0n) is 24.9. The van der Waals surface area contributed by atoms with Gasteiger partial charge in [0.1, 0.15) is 17.3 Å². The van der Waals surface area contributed by atoms with Crippen LogP contribution in [-0.2, 0) is 25.4 Å². The van der Waals surface area contributed by atoms with Crippen molar-refractivity contribution in [1.82, 2.24) is 9.88 Å². The summed E-state index contributed by atoms with van der Waals surface area (Å²) in [7, 11) is 1.35. The molecule has 0 unspecified atom stereocenters. The van der Waals surface area contributed by atoms with Crippen LogP contribution in [-0.4, -0.2) is 36.0 Å². The van der Waals surface area contributed by atoms with Gasteiger partial charge in [0, 0.05) is 31.7 Å². The molecule has 1 saturated carbocycles. The minimum absolute atomic E-state index is 0.0817. The number of rotatable bonds is 11. The number of nitrogens with two attached hydrogens (primary N) is 1. The van der Waals surface area contributed by atoms with E-state index < -0.39 is 30.0 Å². The largest absolute Gasteiger partial charge is 0.456 e. The Morgan fingerprint density at radius 3 is 2.16 bits per heavy atom. The van der Waals surface area contributed by atoms with Gasteiger partial charge in [0.05, 0.1) is 24.4 Å². The Morgan fingerprint density at radius 2 is 1.58 bits per heavy atom. The van der Waals surface area contributed by atoms with Crippen LogP contribution in [0.1, 0.15) is 54.9 Å². The number of aromatic nitrogens is 1. The van der Waals surface area contributed by atoms with Crippen LogP contribution in [0.2, 0.25) is 0 Å². The molecule has 1 aliphatic rings. The fourth-order valence-corrected chi connectivity index (χ4v) is 5.34. The van der Waals surface area contributed by atoms with Crippen molar-refractivity contribution in [3.8, 4) is 11.5 Å². The minimum atomic E-state index is -5.00. The summed E-state index contributed by atoms with van der Waals surface area (Å²) in [6.45, 7) is 2.82. The first kappa shape index (κ1) is 33.5. The molecule has 0 radical (unpaired) electrons. The lowest BCUT2D eigenvalue weighted by molar-refractivity contribution is -0.143. The summed E-state index contributed by atoms with van der Waals surface area (Å²) in [5, 5.41) is 10.9. The molecule has 0 atom stereocenters. The van der Waals surface area contributed by atoms with Gasteiger partial charge >= 0.3 is 12.4 Å². The smallest absolute Gasteiger partial charge is 0.416 e. The van der Waals surface area contributed by atoms with Crippen LogP contribution in [0, 0.1) is 5.92 Å². The highest BCUT2D eigenvalue weighted by molar-refractivity contribution is 5.78. The molecule has 2 aromatic carbocycles. The first-order chi connectivity index (χ1) is 21.4. The SMILES string of the molecule is CCN(CC1CCCC1)c1ncc(Oc2ccccc2)cc1CN(Cc1cc(C(F)(F)F)cc(C(F)(F)F)c1)/C(N)=N/N=NC. The molecule has 1 aliphatic carbocycles. The van der Waals surface area contributed by atoms with E-state index in [1.807, 2.05) is 25.1 Å². The summed E-state index contributed by atoms with van der Waals surface area (Å²) in [6, 6.07) is 12.2. The van der Waals surface area contributed by atoms with Crippen molar-refractivity contribution < 1.29 is 31.1 Å². The monoisotopic (exact) mass is 635 g/mol. The number of pyridine rings is 1. The predicted octanol–water partition coefficient (Wildman–Crippen LogP) is 8.24. The van der Waals surface area contributed by atoms with Gasteiger partial charge in [-0.3, -0.25) is 0 Å². The normalized spacial score (nSPS) is 14.7. The maximum absolute atomic E-state index is 13.6. The number of ether oxygens (including phenoxy) is 1. The highest BCUT2D eigenvalue weighted by atomic mass is 19.4. The molecule has 0 aliphatic heterocycles. The molecule has 2 N–H and O–H groups in total. The van der Waals surface area contributed by atoms with E-state index >= 15 is 0 Å². The molecular formula is C31H35F6N7O. The molecule has 0 saturated heterocycles. The Morgan fingerprint density at radius 1 is 0.933 bits per heavy atom. The summed E-state index contributed by atoms with van der Waals surface area (Å²) < 4.78 is 87.8. The third kappa shape index (κ3) is 9.32. The molecule has 1 heterocycles. The Kier molecular flexibility index (Phi) is 10.9. The molecular weight excluding hydrogens is 600 g/mol. The highest BCUT2D eigenvalue weighted by Crippen LogP contribution is 2.37. The van der Waals surface area contributed by atoms with Crippen LogP contribution in [0.25, 0.3) is 0 Å². The lowest BCUT2D eigenvalue weighted by Gasteiger charge is -2.30. The second kappa shape index (κ2) is 14.6. The topological polar surface area (TPSA) is 91.7 Å². The lowest BCUT2D eigenvalue weighted by atomic mass is 10.0. The number of anilines is 1. The number of alkyl halides is 6. The summed E-state index contributed by atoms with van der Waals surface area (Å²) in [5.74, 6) is 1.75. The van der Waals surface area contributed by atoms with Gasteiger partial charge in [-0.1, -0.05) is 36.1 Å². The van der Waals surface area contributed by atoms with Crippen molar-refractivity contribution in [3.05, 3.63) is 83.0 Å². The summed E-state index contributed by atoms with van der Waals surface area (Å²) in [6.07, 6.45) is -3.94. The Balaban J connectivity index is 1.77. The number of hydrogen-bond acceptors (Lipinski definition) is 5. The first-order valence-electron chi connectivity index (χ1n) is 14.5. The number of guanidine groups is 1. The maximum Gasteiger partial charge on any atom is 0.416 e. The average molecular weight is 636 g/mol. The van der Waals surface area contributed by atoms with Gasteiger partial charge in [-0.05, 0) is 72.9 Å². The Labute approximate surface area is 257 Å². The molecule has 1 aromatic heterocycles. The van der Waals surface area contributed by atoms with E-state index in [1.165, 1.54) is 11.9 Å². The van der Waals surface area contributed by atoms with E-state index in [0.29, 0.717) is 47.5 Å². The molecule has 14 heteroatoms. The third-order valence-corrected chi connectivity index (χ3v) is 7.47. The van der Waals surface area contributed by atoms with Gasteiger partial charge in [0.25, 0.3) is 0 Å². The fraction of sp³-hybridized carbons (Fsp3) is 0.419. The molecule has 8 nitrogen and oxygen atoms in total. The minimum Gasteiger partial charge on any atom is -0.456 e. The van der Waals surface area contributed by atoms with Gasteiger partial charge in [0.2, 0.25) is 5.96 Å². The van der Waals surface area contributed by atoms with Crippen LogP contribution >= 0.6 is 0 Å². The molecule has 0 bridgehead atoms. The third-order valence-electron chi connectivity index (χ3n) is 7.47. The van der Waals surface area contributed by atoms with Crippen molar-refractivity contribution in [2.24, 2.45) is 27.1 Å². The molecule has 0 amide bonds. The van der Waals surface area contributed by atoms with Crippen LogP contribution in [0.4, 0.5) is 32.2 Å². The maximum atomic E-state index is 13.6. The molecule has 4 rings (SSSR count). The lowest BCUT2D eigenvalue weighted by Crippen LogP contribution is -2.37. The van der Waals surface area contributed by atoms with Crippen molar-refractivity contribution in [2.75, 3.05) is 25.0 Å². The second-order valence-corrected chi connectivity index (χ2v) is 10.8. The van der Waals surface area contributed by atoms with Crippen LogP contribution in [0.15, 0.2) is 76.2 Å². The molecule has 0 spiro atoms. The summed E-state index contributed by atoms with van der Waals surface area (Å²) in [5.41, 5.74) is 3.67. The standard InChI is InChI=1S/C31H35F6N7O/c1-3-43(18-21-9-7-8-10-21)28-23(15-27(17-40-28)45-26-11-5-4-6-12-26)20-44(29(38)41-42-39-2)19-22-13-24(30(32,33)34)16-25(14-22)31(35,36)37/h4-6,11-17,21H,3,7-10,18-20H2,1-2H3,(H2,38,39,41).